The van der Waals surface area contributed by atoms with Gasteiger partial charge in [-0.05, 0) is 69.7 Å². The smallest absolute Gasteiger partial charge is 0.274 e. The number of carbonyl (C=O) groups is 1. The van der Waals surface area contributed by atoms with Crippen molar-refractivity contribution in [2.75, 3.05) is 0 Å². The summed E-state index contributed by atoms with van der Waals surface area (Å²) in [6, 6.07) is 13.2. The van der Waals surface area contributed by atoms with Gasteiger partial charge in [-0.2, -0.15) is 0 Å². The van der Waals surface area contributed by atoms with Crippen LogP contribution in [0.1, 0.15) is 48.6 Å². The quantitative estimate of drug-likeness (QED) is 0.700. The van der Waals surface area contributed by atoms with Gasteiger partial charge in [0.2, 0.25) is 0 Å². The predicted octanol–water partition coefficient (Wildman–Crippen LogP) is 3.99. The third-order valence-electron chi connectivity index (χ3n) is 4.28. The Balaban J connectivity index is 1.71. The van der Waals surface area contributed by atoms with Crippen LogP contribution < -0.4 is 10.1 Å². The van der Waals surface area contributed by atoms with E-state index in [1.807, 2.05) is 45.0 Å². The zero-order chi connectivity index (χ0) is 20.3. The van der Waals surface area contributed by atoms with Gasteiger partial charge in [-0.25, -0.2) is 9.07 Å². The van der Waals surface area contributed by atoms with Crippen molar-refractivity contribution in [3.63, 3.8) is 0 Å². The Hall–Kier alpha value is -3.22. The lowest BCUT2D eigenvalue weighted by atomic mass is 10.1. The first-order valence-corrected chi connectivity index (χ1v) is 9.11. The summed E-state index contributed by atoms with van der Waals surface area (Å²) in [5.41, 5.74) is 2.40. The second kappa shape index (κ2) is 8.21. The number of aromatic nitrogens is 3. The largest absolute Gasteiger partial charge is 0.491 e. The normalized spacial score (nSPS) is 12.1. The van der Waals surface area contributed by atoms with E-state index in [4.69, 9.17) is 4.74 Å². The van der Waals surface area contributed by atoms with Gasteiger partial charge < -0.3 is 10.1 Å². The summed E-state index contributed by atoms with van der Waals surface area (Å²) in [7, 11) is 0. The minimum atomic E-state index is -0.335. The Morgan fingerprint density at radius 2 is 1.71 bits per heavy atom. The van der Waals surface area contributed by atoms with Crippen LogP contribution in [0.4, 0.5) is 4.39 Å². The molecule has 1 heterocycles. The van der Waals surface area contributed by atoms with Crippen molar-refractivity contribution in [2.45, 2.75) is 39.8 Å². The van der Waals surface area contributed by atoms with Crippen LogP contribution in [0.2, 0.25) is 0 Å². The fourth-order valence-electron chi connectivity index (χ4n) is 2.82. The van der Waals surface area contributed by atoms with Gasteiger partial charge in [0.15, 0.2) is 5.69 Å². The molecule has 0 radical (unpaired) electrons. The van der Waals surface area contributed by atoms with Gasteiger partial charge >= 0.3 is 0 Å². The molecule has 0 saturated carbocycles. The molecule has 0 saturated heterocycles. The van der Waals surface area contributed by atoms with Crippen molar-refractivity contribution >= 4 is 5.91 Å². The number of ether oxygens (including phenoxy) is 1. The predicted molar refractivity (Wildman–Crippen MR) is 104 cm³/mol. The molecule has 3 aromatic rings. The molecule has 0 aliphatic carbocycles. The van der Waals surface area contributed by atoms with E-state index in [0.717, 1.165) is 11.3 Å². The summed E-state index contributed by atoms with van der Waals surface area (Å²) >= 11 is 0. The summed E-state index contributed by atoms with van der Waals surface area (Å²) in [5.74, 6) is 0.134. The highest BCUT2D eigenvalue weighted by molar-refractivity contribution is 5.93. The van der Waals surface area contributed by atoms with Crippen molar-refractivity contribution in [2.24, 2.45) is 0 Å². The summed E-state index contributed by atoms with van der Waals surface area (Å²) < 4.78 is 20.3. The Labute approximate surface area is 163 Å². The second-order valence-corrected chi connectivity index (χ2v) is 6.84. The number of halogens is 1. The Morgan fingerprint density at radius 3 is 2.32 bits per heavy atom. The SMILES string of the molecule is Cc1c(C(=O)NC(C)c2ccc(OC(C)C)cc2)nnn1-c1ccc(F)cc1. The number of amides is 1. The molecule has 1 aromatic heterocycles. The van der Waals surface area contributed by atoms with Crippen molar-refractivity contribution in [3.05, 3.63) is 71.3 Å². The number of benzene rings is 2. The standard InChI is InChI=1S/C21H23FN4O2/c1-13(2)28-19-11-5-16(6-12-19)14(3)23-21(27)20-15(4)26(25-24-20)18-9-7-17(22)8-10-18/h5-14H,1-4H3,(H,23,27). The highest BCUT2D eigenvalue weighted by atomic mass is 19.1. The first kappa shape index (κ1) is 19.5. The Kier molecular flexibility index (Phi) is 5.73. The highest BCUT2D eigenvalue weighted by Gasteiger charge is 2.19. The van der Waals surface area contributed by atoms with E-state index in [9.17, 15) is 9.18 Å². The molecule has 28 heavy (non-hydrogen) atoms. The molecule has 0 aliphatic heterocycles. The molecule has 1 N–H and O–H groups in total. The van der Waals surface area contributed by atoms with E-state index >= 15 is 0 Å². The van der Waals surface area contributed by atoms with Gasteiger partial charge in [0.25, 0.3) is 5.91 Å². The zero-order valence-electron chi connectivity index (χ0n) is 16.3. The van der Waals surface area contributed by atoms with Crippen LogP contribution in [0.15, 0.2) is 48.5 Å². The van der Waals surface area contributed by atoms with Crippen LogP contribution in [0.5, 0.6) is 5.75 Å². The van der Waals surface area contributed by atoms with Crippen molar-refractivity contribution in [1.82, 2.24) is 20.3 Å². The lowest BCUT2D eigenvalue weighted by Crippen LogP contribution is -2.27. The topological polar surface area (TPSA) is 69.0 Å². The summed E-state index contributed by atoms with van der Waals surface area (Å²) in [5, 5.41) is 10.9. The lowest BCUT2D eigenvalue weighted by molar-refractivity contribution is 0.0934. The van der Waals surface area contributed by atoms with Crippen LogP contribution in [0, 0.1) is 12.7 Å². The second-order valence-electron chi connectivity index (χ2n) is 6.84. The fraction of sp³-hybridized carbons (Fsp3) is 0.286. The maximum atomic E-state index is 13.1. The van der Waals surface area contributed by atoms with Crippen LogP contribution in [-0.4, -0.2) is 27.0 Å². The van der Waals surface area contributed by atoms with Gasteiger partial charge in [0.1, 0.15) is 11.6 Å². The lowest BCUT2D eigenvalue weighted by Gasteiger charge is -2.15. The van der Waals surface area contributed by atoms with E-state index < -0.39 is 0 Å². The van der Waals surface area contributed by atoms with Gasteiger partial charge in [-0.15, -0.1) is 5.10 Å². The molecular weight excluding hydrogens is 359 g/mol. The average molecular weight is 382 g/mol. The number of carbonyl (C=O) groups excluding carboxylic acids is 1. The molecule has 0 fully saturated rings. The average Bonchev–Trinajstić information content (AvgIpc) is 3.04. The summed E-state index contributed by atoms with van der Waals surface area (Å²) in [4.78, 5) is 12.6. The number of hydrogen-bond donors (Lipinski definition) is 1. The number of nitrogens with one attached hydrogen (secondary N) is 1. The van der Waals surface area contributed by atoms with Gasteiger partial charge in [0, 0.05) is 0 Å². The number of hydrogen-bond acceptors (Lipinski definition) is 4. The minimum absolute atomic E-state index is 0.106. The first-order valence-electron chi connectivity index (χ1n) is 9.11. The van der Waals surface area contributed by atoms with Crippen LogP contribution >= 0.6 is 0 Å². The third kappa shape index (κ3) is 4.36. The van der Waals surface area contributed by atoms with Crippen molar-refractivity contribution < 1.29 is 13.9 Å². The van der Waals surface area contributed by atoms with Crippen LogP contribution in [0.25, 0.3) is 5.69 Å². The van der Waals surface area contributed by atoms with Crippen LogP contribution in [-0.2, 0) is 0 Å². The van der Waals surface area contributed by atoms with Crippen molar-refractivity contribution in [3.8, 4) is 11.4 Å². The van der Waals surface area contributed by atoms with Gasteiger partial charge in [0.05, 0.1) is 23.5 Å². The molecule has 1 atom stereocenters. The van der Waals surface area contributed by atoms with Gasteiger partial charge in [-0.1, -0.05) is 17.3 Å². The minimum Gasteiger partial charge on any atom is -0.491 e. The molecule has 0 bridgehead atoms. The number of nitrogens with zero attached hydrogens (tertiary/aromatic N) is 3. The first-order chi connectivity index (χ1) is 13.3. The molecule has 1 unspecified atom stereocenters. The molecule has 2 aromatic carbocycles. The Morgan fingerprint density at radius 1 is 1.07 bits per heavy atom. The van der Waals surface area contributed by atoms with Gasteiger partial charge in [-0.3, -0.25) is 4.79 Å². The maximum absolute atomic E-state index is 13.1. The number of rotatable bonds is 6. The monoisotopic (exact) mass is 382 g/mol. The fourth-order valence-corrected chi connectivity index (χ4v) is 2.82. The van der Waals surface area contributed by atoms with Crippen LogP contribution in [0.3, 0.4) is 0 Å². The molecule has 146 valence electrons. The van der Waals surface area contributed by atoms with E-state index in [0.29, 0.717) is 11.4 Å². The van der Waals surface area contributed by atoms with E-state index in [1.165, 1.54) is 16.8 Å². The molecule has 7 heteroatoms. The van der Waals surface area contributed by atoms with Crippen molar-refractivity contribution in [1.29, 1.82) is 0 Å². The molecule has 1 amide bonds. The molecule has 0 aliphatic rings. The maximum Gasteiger partial charge on any atom is 0.274 e. The zero-order valence-corrected chi connectivity index (χ0v) is 16.3. The molecule has 3 rings (SSSR count). The third-order valence-corrected chi connectivity index (χ3v) is 4.28. The molecular formula is C21H23FN4O2. The van der Waals surface area contributed by atoms with E-state index in [1.54, 1.807) is 19.1 Å². The Bertz CT molecular complexity index is 950. The highest BCUT2D eigenvalue weighted by Crippen LogP contribution is 2.19. The van der Waals surface area contributed by atoms with E-state index in [2.05, 4.69) is 15.6 Å². The molecule has 6 nitrogen and oxygen atoms in total. The summed E-state index contributed by atoms with van der Waals surface area (Å²) in [6.45, 7) is 7.59. The molecule has 0 spiro atoms. The van der Waals surface area contributed by atoms with E-state index in [-0.39, 0.29) is 29.6 Å². The summed E-state index contributed by atoms with van der Waals surface area (Å²) in [6.07, 6.45) is 0.106.